The first-order chi connectivity index (χ1) is 18.3. The van der Waals surface area contributed by atoms with Crippen molar-refractivity contribution in [1.29, 1.82) is 0 Å². The Hall–Kier alpha value is -3.84. The van der Waals surface area contributed by atoms with E-state index in [1.54, 1.807) is 42.5 Å². The molecule has 3 unspecified atom stereocenters. The highest BCUT2D eigenvalue weighted by atomic mass is 35.5. The van der Waals surface area contributed by atoms with Gasteiger partial charge >= 0.3 is 5.97 Å². The van der Waals surface area contributed by atoms with Gasteiger partial charge in [0.2, 0.25) is 0 Å². The van der Waals surface area contributed by atoms with E-state index in [4.69, 9.17) is 21.6 Å². The molecule has 1 fully saturated rings. The van der Waals surface area contributed by atoms with Gasteiger partial charge in [-0.25, -0.2) is 14.4 Å². The Bertz CT molecular complexity index is 1490. The van der Waals surface area contributed by atoms with Crippen molar-refractivity contribution in [3.05, 3.63) is 94.4 Å². The normalized spacial score (nSPS) is 17.9. The number of carboxylic acid groups (broad SMARTS) is 1. The predicted octanol–water partition coefficient (Wildman–Crippen LogP) is 6.62. The van der Waals surface area contributed by atoms with E-state index in [0.29, 0.717) is 40.9 Å². The van der Waals surface area contributed by atoms with Crippen molar-refractivity contribution in [1.82, 2.24) is 15.3 Å². The van der Waals surface area contributed by atoms with Crippen molar-refractivity contribution in [3.63, 3.8) is 0 Å². The summed E-state index contributed by atoms with van der Waals surface area (Å²) in [6.45, 7) is 1.84. The molecule has 1 aromatic heterocycles. The van der Waals surface area contributed by atoms with Crippen LogP contribution in [0.1, 0.15) is 53.8 Å². The predicted molar refractivity (Wildman–Crippen MR) is 144 cm³/mol. The number of nitrogens with one attached hydrogen (secondary N) is 1. The van der Waals surface area contributed by atoms with Crippen LogP contribution in [0.2, 0.25) is 5.02 Å². The SMILES string of the molecule is CC(NC(=O)c1ccc2nc(-c3ccc(Cl)cc3)c(CC3CCC(C(=O)O)C3)nc2c1)c1ccc(F)cc1. The lowest BCUT2D eigenvalue weighted by Gasteiger charge is -2.16. The Labute approximate surface area is 224 Å². The summed E-state index contributed by atoms with van der Waals surface area (Å²) in [6.07, 6.45) is 2.69. The zero-order chi connectivity index (χ0) is 26.8. The van der Waals surface area contributed by atoms with Crippen LogP contribution in [0.25, 0.3) is 22.3 Å². The van der Waals surface area contributed by atoms with Gasteiger partial charge < -0.3 is 10.4 Å². The van der Waals surface area contributed by atoms with Crippen LogP contribution in [-0.4, -0.2) is 27.0 Å². The number of hydrogen-bond donors (Lipinski definition) is 2. The molecule has 6 nitrogen and oxygen atoms in total. The van der Waals surface area contributed by atoms with Crippen LogP contribution >= 0.6 is 11.6 Å². The number of aromatic nitrogens is 2. The minimum atomic E-state index is -0.749. The summed E-state index contributed by atoms with van der Waals surface area (Å²) < 4.78 is 13.3. The maximum Gasteiger partial charge on any atom is 0.306 e. The molecular weight excluding hydrogens is 505 g/mol. The van der Waals surface area contributed by atoms with Gasteiger partial charge in [0, 0.05) is 16.1 Å². The molecule has 4 aromatic rings. The second-order valence-corrected chi connectivity index (χ2v) is 10.3. The maximum absolute atomic E-state index is 13.3. The summed E-state index contributed by atoms with van der Waals surface area (Å²) in [5.74, 6) is -1.48. The minimum Gasteiger partial charge on any atom is -0.481 e. The molecule has 0 bridgehead atoms. The molecule has 1 aliphatic carbocycles. The lowest BCUT2D eigenvalue weighted by atomic mass is 9.96. The van der Waals surface area contributed by atoms with Crippen molar-refractivity contribution in [2.24, 2.45) is 11.8 Å². The Morgan fingerprint density at radius 2 is 1.76 bits per heavy atom. The van der Waals surface area contributed by atoms with E-state index in [1.807, 2.05) is 19.1 Å². The summed E-state index contributed by atoms with van der Waals surface area (Å²) >= 11 is 6.10. The van der Waals surface area contributed by atoms with E-state index in [-0.39, 0.29) is 29.6 Å². The van der Waals surface area contributed by atoms with E-state index in [2.05, 4.69) is 5.32 Å². The molecule has 0 radical (unpaired) electrons. The number of nitrogens with zero attached hydrogens (tertiary/aromatic N) is 2. The minimum absolute atomic E-state index is 0.192. The topological polar surface area (TPSA) is 92.2 Å². The first-order valence-corrected chi connectivity index (χ1v) is 13.0. The second-order valence-electron chi connectivity index (χ2n) is 9.89. The molecule has 2 N–H and O–H groups in total. The third kappa shape index (κ3) is 5.68. The molecule has 1 heterocycles. The highest BCUT2D eigenvalue weighted by Crippen LogP contribution is 2.35. The molecule has 8 heteroatoms. The fourth-order valence-electron chi connectivity index (χ4n) is 5.09. The van der Waals surface area contributed by atoms with Crippen LogP contribution in [0.5, 0.6) is 0 Å². The van der Waals surface area contributed by atoms with Crippen molar-refractivity contribution in [2.45, 2.75) is 38.6 Å². The van der Waals surface area contributed by atoms with Crippen LogP contribution in [-0.2, 0) is 11.2 Å². The van der Waals surface area contributed by atoms with E-state index in [1.165, 1.54) is 12.1 Å². The quantitative estimate of drug-likeness (QED) is 0.279. The summed E-state index contributed by atoms with van der Waals surface area (Å²) in [5.41, 5.74) is 4.86. The molecule has 194 valence electrons. The van der Waals surface area contributed by atoms with Gasteiger partial charge in [-0.1, -0.05) is 35.9 Å². The lowest BCUT2D eigenvalue weighted by Crippen LogP contribution is -2.26. The molecule has 1 aliphatic rings. The Balaban J connectivity index is 1.45. The lowest BCUT2D eigenvalue weighted by molar-refractivity contribution is -0.141. The van der Waals surface area contributed by atoms with Gasteiger partial charge in [-0.05, 0) is 86.6 Å². The monoisotopic (exact) mass is 531 g/mol. The van der Waals surface area contributed by atoms with Gasteiger partial charge in [0.15, 0.2) is 0 Å². The average Bonchev–Trinajstić information content (AvgIpc) is 3.38. The van der Waals surface area contributed by atoms with Crippen molar-refractivity contribution in [2.75, 3.05) is 0 Å². The smallest absolute Gasteiger partial charge is 0.306 e. The van der Waals surface area contributed by atoms with Gasteiger partial charge in [-0.2, -0.15) is 0 Å². The number of halogens is 2. The summed E-state index contributed by atoms with van der Waals surface area (Å²) in [6, 6.07) is 18.3. The molecule has 1 saturated carbocycles. The van der Waals surface area contributed by atoms with Gasteiger partial charge in [-0.15, -0.1) is 0 Å². The van der Waals surface area contributed by atoms with E-state index in [0.717, 1.165) is 28.9 Å². The number of amides is 1. The Morgan fingerprint density at radius 1 is 1.03 bits per heavy atom. The van der Waals surface area contributed by atoms with Crippen LogP contribution in [0.3, 0.4) is 0 Å². The molecule has 0 saturated heterocycles. The van der Waals surface area contributed by atoms with Crippen LogP contribution in [0, 0.1) is 17.7 Å². The van der Waals surface area contributed by atoms with Gasteiger partial charge in [-0.3, -0.25) is 9.59 Å². The molecule has 38 heavy (non-hydrogen) atoms. The maximum atomic E-state index is 13.3. The number of aliphatic carboxylic acids is 1. The number of hydrogen-bond acceptors (Lipinski definition) is 4. The van der Waals surface area contributed by atoms with Crippen molar-refractivity contribution >= 4 is 34.5 Å². The highest BCUT2D eigenvalue weighted by molar-refractivity contribution is 6.30. The summed E-state index contributed by atoms with van der Waals surface area (Å²) in [7, 11) is 0. The Morgan fingerprint density at radius 3 is 2.45 bits per heavy atom. The molecular formula is C30H27ClFN3O3. The number of carboxylic acids is 1. The van der Waals surface area contributed by atoms with E-state index < -0.39 is 5.97 Å². The van der Waals surface area contributed by atoms with Crippen LogP contribution in [0.15, 0.2) is 66.7 Å². The Kier molecular flexibility index (Phi) is 7.38. The summed E-state index contributed by atoms with van der Waals surface area (Å²) in [5, 5.41) is 13.0. The van der Waals surface area contributed by atoms with Crippen LogP contribution < -0.4 is 5.32 Å². The third-order valence-corrected chi connectivity index (χ3v) is 7.46. The second kappa shape index (κ2) is 10.9. The average molecular weight is 532 g/mol. The molecule has 0 spiro atoms. The fraction of sp³-hybridized carbons (Fsp3) is 0.267. The number of fused-ring (bicyclic) bond motifs is 1. The number of carbonyl (C=O) groups excluding carboxylic acids is 1. The molecule has 3 atom stereocenters. The highest BCUT2D eigenvalue weighted by Gasteiger charge is 2.31. The molecule has 0 aliphatic heterocycles. The molecule has 3 aromatic carbocycles. The zero-order valence-electron chi connectivity index (χ0n) is 20.8. The first-order valence-electron chi connectivity index (χ1n) is 12.6. The zero-order valence-corrected chi connectivity index (χ0v) is 21.6. The third-order valence-electron chi connectivity index (χ3n) is 7.21. The number of carbonyl (C=O) groups is 2. The van der Waals surface area contributed by atoms with Crippen molar-refractivity contribution < 1.29 is 19.1 Å². The van der Waals surface area contributed by atoms with Gasteiger partial charge in [0.25, 0.3) is 5.91 Å². The molecule has 1 amide bonds. The van der Waals surface area contributed by atoms with Gasteiger partial charge in [0.05, 0.1) is 34.4 Å². The van der Waals surface area contributed by atoms with E-state index >= 15 is 0 Å². The summed E-state index contributed by atoms with van der Waals surface area (Å²) in [4.78, 5) is 34.3. The van der Waals surface area contributed by atoms with Crippen LogP contribution in [0.4, 0.5) is 4.39 Å². The van der Waals surface area contributed by atoms with Gasteiger partial charge in [0.1, 0.15) is 5.82 Å². The fourth-order valence-corrected chi connectivity index (χ4v) is 5.21. The molecule has 5 rings (SSSR count). The number of benzene rings is 3. The largest absolute Gasteiger partial charge is 0.481 e. The number of rotatable bonds is 7. The van der Waals surface area contributed by atoms with Crippen molar-refractivity contribution in [3.8, 4) is 11.3 Å². The standard InChI is InChI=1S/C30H27ClFN3O3/c1-17(19-6-11-24(32)12-7-19)33-29(36)21-8-13-25-26(16-21)34-27(15-18-2-3-22(14-18)30(37)38)28(35-25)20-4-9-23(31)10-5-20/h4-13,16-18,22H,2-3,14-15H2,1H3,(H,33,36)(H,37,38). The first kappa shape index (κ1) is 25.8. The van der Waals surface area contributed by atoms with E-state index in [9.17, 15) is 19.1 Å².